The molecule has 3 heteroatoms. The Labute approximate surface area is 73.0 Å². The Bertz CT molecular complexity index is 118. The van der Waals surface area contributed by atoms with Gasteiger partial charge in [-0.1, -0.05) is 0 Å². The van der Waals surface area contributed by atoms with E-state index in [9.17, 15) is 4.39 Å². The molecule has 1 rings (SSSR count). The molecule has 0 radical (unpaired) electrons. The molecule has 0 aliphatic heterocycles. The third kappa shape index (κ3) is 2.42. The van der Waals surface area contributed by atoms with Gasteiger partial charge in [0.25, 0.3) is 0 Å². The molecule has 1 aliphatic rings. The van der Waals surface area contributed by atoms with E-state index < -0.39 is 6.17 Å². The summed E-state index contributed by atoms with van der Waals surface area (Å²) >= 11 is 0. The van der Waals surface area contributed by atoms with Crippen molar-refractivity contribution in [3.8, 4) is 0 Å². The van der Waals surface area contributed by atoms with Crippen LogP contribution in [0.5, 0.6) is 0 Å². The third-order valence-corrected chi connectivity index (χ3v) is 2.55. The van der Waals surface area contributed by atoms with E-state index in [2.05, 4.69) is 0 Å². The standard InChI is InChI=1S/C9H17FO2/c1-11-9(12-2)7-3-5-8(10)6-4-7/h7-9H,3-6H2,1-2H3. The molecule has 0 atom stereocenters. The summed E-state index contributed by atoms with van der Waals surface area (Å²) in [6.45, 7) is 0. The molecule has 0 amide bonds. The van der Waals surface area contributed by atoms with Gasteiger partial charge in [-0.2, -0.15) is 0 Å². The molecule has 0 saturated heterocycles. The first-order valence-electron chi connectivity index (χ1n) is 4.47. The summed E-state index contributed by atoms with van der Waals surface area (Å²) < 4.78 is 23.0. The number of rotatable bonds is 3. The van der Waals surface area contributed by atoms with Crippen LogP contribution in [0, 0.1) is 5.92 Å². The van der Waals surface area contributed by atoms with Crippen LogP contribution in [0.15, 0.2) is 0 Å². The lowest BCUT2D eigenvalue weighted by Gasteiger charge is -2.29. The van der Waals surface area contributed by atoms with Gasteiger partial charge < -0.3 is 9.47 Å². The van der Waals surface area contributed by atoms with E-state index >= 15 is 0 Å². The van der Waals surface area contributed by atoms with Gasteiger partial charge in [-0.25, -0.2) is 4.39 Å². The summed E-state index contributed by atoms with van der Waals surface area (Å²) in [4.78, 5) is 0. The van der Waals surface area contributed by atoms with E-state index in [0.717, 1.165) is 12.8 Å². The maximum absolute atomic E-state index is 12.7. The molecule has 0 heterocycles. The summed E-state index contributed by atoms with van der Waals surface area (Å²) in [5.41, 5.74) is 0. The number of alkyl halides is 1. The first-order chi connectivity index (χ1) is 5.77. The maximum Gasteiger partial charge on any atom is 0.159 e. The molecule has 0 aromatic heterocycles. The minimum atomic E-state index is -0.601. The molecule has 2 nitrogen and oxygen atoms in total. The molecule has 0 aromatic carbocycles. The van der Waals surface area contributed by atoms with E-state index in [1.807, 2.05) is 0 Å². The summed E-state index contributed by atoms with van der Waals surface area (Å²) in [5, 5.41) is 0. The molecule has 0 N–H and O–H groups in total. The number of ether oxygens (including phenoxy) is 2. The van der Waals surface area contributed by atoms with Crippen molar-refractivity contribution in [2.24, 2.45) is 5.92 Å². The van der Waals surface area contributed by atoms with E-state index in [1.54, 1.807) is 14.2 Å². The summed E-state index contributed by atoms with van der Waals surface area (Å²) in [7, 11) is 3.27. The van der Waals surface area contributed by atoms with Crippen LogP contribution in [0.25, 0.3) is 0 Å². The van der Waals surface area contributed by atoms with E-state index in [4.69, 9.17) is 9.47 Å². The van der Waals surface area contributed by atoms with Gasteiger partial charge in [0.1, 0.15) is 6.17 Å². The molecule has 0 bridgehead atoms. The fourth-order valence-corrected chi connectivity index (χ4v) is 1.83. The van der Waals surface area contributed by atoms with E-state index in [-0.39, 0.29) is 6.29 Å². The van der Waals surface area contributed by atoms with Crippen molar-refractivity contribution in [2.75, 3.05) is 14.2 Å². The molecule has 0 aromatic rings. The highest BCUT2D eigenvalue weighted by Crippen LogP contribution is 2.29. The number of methoxy groups -OCH3 is 2. The fourth-order valence-electron chi connectivity index (χ4n) is 1.83. The summed E-state index contributed by atoms with van der Waals surface area (Å²) in [6, 6.07) is 0. The minimum absolute atomic E-state index is 0.141. The van der Waals surface area contributed by atoms with Crippen molar-refractivity contribution in [2.45, 2.75) is 38.1 Å². The molecule has 12 heavy (non-hydrogen) atoms. The predicted octanol–water partition coefficient (Wildman–Crippen LogP) is 2.13. The molecule has 0 unspecified atom stereocenters. The highest BCUT2D eigenvalue weighted by atomic mass is 19.1. The molecular weight excluding hydrogens is 159 g/mol. The van der Waals surface area contributed by atoms with Crippen LogP contribution in [0.2, 0.25) is 0 Å². The van der Waals surface area contributed by atoms with Gasteiger partial charge in [0.05, 0.1) is 0 Å². The lowest BCUT2D eigenvalue weighted by atomic mass is 9.87. The average molecular weight is 176 g/mol. The van der Waals surface area contributed by atoms with Crippen LogP contribution in [0.4, 0.5) is 4.39 Å². The quantitative estimate of drug-likeness (QED) is 0.613. The van der Waals surface area contributed by atoms with Crippen molar-refractivity contribution in [3.05, 3.63) is 0 Å². The SMILES string of the molecule is COC(OC)C1CCC(F)CC1. The Balaban J connectivity index is 2.32. The molecule has 1 aliphatic carbocycles. The predicted molar refractivity (Wildman–Crippen MR) is 44.7 cm³/mol. The van der Waals surface area contributed by atoms with Crippen LogP contribution in [0.1, 0.15) is 25.7 Å². The lowest BCUT2D eigenvalue weighted by molar-refractivity contribution is -0.146. The molecule has 1 saturated carbocycles. The Kier molecular flexibility index (Phi) is 3.95. The molecule has 0 spiro atoms. The summed E-state index contributed by atoms with van der Waals surface area (Å²) in [6.07, 6.45) is 2.34. The smallest absolute Gasteiger partial charge is 0.159 e. The van der Waals surface area contributed by atoms with E-state index in [0.29, 0.717) is 18.8 Å². The van der Waals surface area contributed by atoms with Gasteiger partial charge in [-0.05, 0) is 25.7 Å². The zero-order valence-electron chi connectivity index (χ0n) is 7.75. The Morgan fingerprint density at radius 3 is 2.00 bits per heavy atom. The normalized spacial score (nSPS) is 31.0. The second-order valence-corrected chi connectivity index (χ2v) is 3.35. The van der Waals surface area contributed by atoms with Gasteiger partial charge in [0.15, 0.2) is 6.29 Å². The van der Waals surface area contributed by atoms with Gasteiger partial charge in [0.2, 0.25) is 0 Å². The molecular formula is C9H17FO2. The van der Waals surface area contributed by atoms with Crippen LogP contribution < -0.4 is 0 Å². The second kappa shape index (κ2) is 4.77. The largest absolute Gasteiger partial charge is 0.356 e. The Hall–Kier alpha value is -0.150. The zero-order valence-corrected chi connectivity index (χ0v) is 7.75. The van der Waals surface area contributed by atoms with Gasteiger partial charge >= 0.3 is 0 Å². The van der Waals surface area contributed by atoms with Gasteiger partial charge in [0, 0.05) is 20.1 Å². The molecule has 1 fully saturated rings. The van der Waals surface area contributed by atoms with Gasteiger partial charge in [-0.15, -0.1) is 0 Å². The second-order valence-electron chi connectivity index (χ2n) is 3.35. The van der Waals surface area contributed by atoms with Crippen molar-refractivity contribution < 1.29 is 13.9 Å². The number of hydrogen-bond acceptors (Lipinski definition) is 2. The van der Waals surface area contributed by atoms with Crippen LogP contribution >= 0.6 is 0 Å². The third-order valence-electron chi connectivity index (χ3n) is 2.55. The average Bonchev–Trinajstić information content (AvgIpc) is 2.10. The highest BCUT2D eigenvalue weighted by Gasteiger charge is 2.27. The van der Waals surface area contributed by atoms with Crippen molar-refractivity contribution in [3.63, 3.8) is 0 Å². The van der Waals surface area contributed by atoms with Crippen molar-refractivity contribution >= 4 is 0 Å². The topological polar surface area (TPSA) is 18.5 Å². The number of hydrogen-bond donors (Lipinski definition) is 0. The lowest BCUT2D eigenvalue weighted by Crippen LogP contribution is -2.29. The van der Waals surface area contributed by atoms with Gasteiger partial charge in [-0.3, -0.25) is 0 Å². The highest BCUT2D eigenvalue weighted by molar-refractivity contribution is 4.73. The maximum atomic E-state index is 12.7. The first kappa shape index (κ1) is 9.93. The van der Waals surface area contributed by atoms with Crippen molar-refractivity contribution in [1.29, 1.82) is 0 Å². The first-order valence-corrected chi connectivity index (χ1v) is 4.47. The minimum Gasteiger partial charge on any atom is -0.356 e. The van der Waals surface area contributed by atoms with Crippen LogP contribution in [0.3, 0.4) is 0 Å². The Morgan fingerprint density at radius 1 is 1.08 bits per heavy atom. The van der Waals surface area contributed by atoms with Crippen LogP contribution in [-0.4, -0.2) is 26.7 Å². The van der Waals surface area contributed by atoms with Crippen molar-refractivity contribution in [1.82, 2.24) is 0 Å². The fraction of sp³-hybridized carbons (Fsp3) is 1.00. The van der Waals surface area contributed by atoms with E-state index in [1.165, 1.54) is 0 Å². The molecule has 72 valence electrons. The Morgan fingerprint density at radius 2 is 1.58 bits per heavy atom. The monoisotopic (exact) mass is 176 g/mol. The van der Waals surface area contributed by atoms with Crippen LogP contribution in [-0.2, 0) is 9.47 Å². The number of halogens is 1. The zero-order chi connectivity index (χ0) is 8.97. The summed E-state index contributed by atoms with van der Waals surface area (Å²) in [5.74, 6) is 0.381.